The van der Waals surface area contributed by atoms with Gasteiger partial charge in [0.05, 0.1) is 40.4 Å². The van der Waals surface area contributed by atoms with Crippen molar-refractivity contribution in [3.63, 3.8) is 0 Å². The summed E-state index contributed by atoms with van der Waals surface area (Å²) in [6, 6.07) is 12.6. The van der Waals surface area contributed by atoms with Crippen molar-refractivity contribution in [3.8, 4) is 28.2 Å². The highest BCUT2D eigenvalue weighted by molar-refractivity contribution is 7.77. The summed E-state index contributed by atoms with van der Waals surface area (Å²) in [5.41, 5.74) is 4.84. The van der Waals surface area contributed by atoms with Crippen molar-refractivity contribution in [2.75, 3.05) is 0 Å². The highest BCUT2D eigenvalue weighted by Gasteiger charge is 2.47. The lowest BCUT2D eigenvalue weighted by Crippen LogP contribution is -2.31. The van der Waals surface area contributed by atoms with Gasteiger partial charge in [-0.05, 0) is 54.8 Å². The molecule has 4 aromatic heterocycles. The standard InChI is InChI=1S/C24H20FN7O2S/c1-31-13-17(11-28-31)15-2-5-21-20(8-15)27-14-32(21)23-10-16(19-4-3-18(25)12-26-19)9-22(29-23)24(6-7-24)30-35(33)34/h2-5,8-14,30H,6-7H2,1H3,(H,33,34). The zero-order valence-corrected chi connectivity index (χ0v) is 19.4. The van der Waals surface area contributed by atoms with E-state index < -0.39 is 22.6 Å². The molecule has 5 aromatic rings. The molecule has 1 aromatic carbocycles. The maximum atomic E-state index is 13.5. The molecule has 0 radical (unpaired) electrons. The van der Waals surface area contributed by atoms with Crippen LogP contribution in [0.25, 0.3) is 39.2 Å². The third-order valence-corrected chi connectivity index (χ3v) is 6.76. The fourth-order valence-electron chi connectivity index (χ4n) is 4.23. The monoisotopic (exact) mass is 489 g/mol. The zero-order chi connectivity index (χ0) is 24.2. The molecule has 35 heavy (non-hydrogen) atoms. The van der Waals surface area contributed by atoms with Gasteiger partial charge in [0.15, 0.2) is 0 Å². The lowest BCUT2D eigenvalue weighted by atomic mass is 10.1. The third-order valence-electron chi connectivity index (χ3n) is 6.19. The molecule has 1 fully saturated rings. The Kier molecular flexibility index (Phi) is 5.06. The Balaban J connectivity index is 1.48. The SMILES string of the molecule is Cn1cc(-c2ccc3c(c2)ncn3-c2cc(-c3ccc(F)cn3)cc(C3(NS(=O)O)CC3)n2)cn1. The van der Waals surface area contributed by atoms with Gasteiger partial charge in [-0.25, -0.2) is 23.3 Å². The summed E-state index contributed by atoms with van der Waals surface area (Å²) >= 11 is -2.19. The van der Waals surface area contributed by atoms with Crippen LogP contribution in [0.15, 0.2) is 67.4 Å². The summed E-state index contributed by atoms with van der Waals surface area (Å²) < 4.78 is 40.9. The molecule has 0 amide bonds. The Morgan fingerprint density at radius 2 is 1.91 bits per heavy atom. The van der Waals surface area contributed by atoms with E-state index in [2.05, 4.69) is 19.8 Å². The van der Waals surface area contributed by atoms with Gasteiger partial charge in [-0.1, -0.05) is 6.07 Å². The average molecular weight is 490 g/mol. The quantitative estimate of drug-likeness (QED) is 0.352. The van der Waals surface area contributed by atoms with Crippen LogP contribution in [0, 0.1) is 5.82 Å². The minimum Gasteiger partial charge on any atom is -0.294 e. The van der Waals surface area contributed by atoms with Crippen LogP contribution in [-0.4, -0.2) is 38.1 Å². The first-order valence-electron chi connectivity index (χ1n) is 10.9. The van der Waals surface area contributed by atoms with Gasteiger partial charge < -0.3 is 0 Å². The summed E-state index contributed by atoms with van der Waals surface area (Å²) in [7, 11) is 1.87. The van der Waals surface area contributed by atoms with Gasteiger partial charge >= 0.3 is 0 Å². The number of rotatable bonds is 6. The van der Waals surface area contributed by atoms with Gasteiger partial charge in [0, 0.05) is 24.4 Å². The van der Waals surface area contributed by atoms with Gasteiger partial charge in [0.25, 0.3) is 0 Å². The first-order valence-corrected chi connectivity index (χ1v) is 12.0. The Morgan fingerprint density at radius 3 is 2.60 bits per heavy atom. The van der Waals surface area contributed by atoms with Crippen LogP contribution in [0.1, 0.15) is 18.5 Å². The molecular weight excluding hydrogens is 469 g/mol. The molecule has 0 saturated heterocycles. The number of hydrogen-bond acceptors (Lipinski definition) is 5. The normalized spacial score (nSPS) is 15.4. The van der Waals surface area contributed by atoms with E-state index in [-0.39, 0.29) is 0 Å². The second-order valence-corrected chi connectivity index (χ2v) is 9.32. The molecule has 176 valence electrons. The topological polar surface area (TPSA) is 111 Å². The van der Waals surface area contributed by atoms with E-state index >= 15 is 0 Å². The van der Waals surface area contributed by atoms with Gasteiger partial charge in [0.2, 0.25) is 11.3 Å². The molecule has 0 aliphatic heterocycles. The number of pyridine rings is 2. The predicted octanol–water partition coefficient (Wildman–Crippen LogP) is 3.74. The summed E-state index contributed by atoms with van der Waals surface area (Å²) in [6.07, 6.45) is 7.95. The maximum Gasteiger partial charge on any atom is 0.232 e. The van der Waals surface area contributed by atoms with Crippen LogP contribution in [0.2, 0.25) is 0 Å². The number of imidazole rings is 1. The predicted molar refractivity (Wildman–Crippen MR) is 129 cm³/mol. The van der Waals surface area contributed by atoms with Gasteiger partial charge in [-0.2, -0.15) is 5.10 Å². The molecule has 1 unspecified atom stereocenters. The van der Waals surface area contributed by atoms with Crippen molar-refractivity contribution in [2.24, 2.45) is 7.05 Å². The van der Waals surface area contributed by atoms with Crippen molar-refractivity contribution in [2.45, 2.75) is 18.4 Å². The summed E-state index contributed by atoms with van der Waals surface area (Å²) in [4.78, 5) is 13.6. The lowest BCUT2D eigenvalue weighted by Gasteiger charge is -2.17. The van der Waals surface area contributed by atoms with Crippen LogP contribution in [-0.2, 0) is 23.9 Å². The fraction of sp³-hybridized carbons (Fsp3) is 0.167. The van der Waals surface area contributed by atoms with Crippen molar-refractivity contribution in [1.82, 2.24) is 34.0 Å². The fourth-order valence-corrected chi connectivity index (χ4v) is 4.87. The molecule has 1 aliphatic rings. The first-order chi connectivity index (χ1) is 16.9. The number of nitrogens with zero attached hydrogens (tertiary/aromatic N) is 6. The van der Waals surface area contributed by atoms with Crippen LogP contribution < -0.4 is 4.72 Å². The minimum atomic E-state index is -2.19. The van der Waals surface area contributed by atoms with E-state index in [0.29, 0.717) is 30.0 Å². The summed E-state index contributed by atoms with van der Waals surface area (Å²) in [5, 5.41) is 4.24. The Labute approximate surface area is 202 Å². The molecule has 0 spiro atoms. The van der Waals surface area contributed by atoms with Crippen molar-refractivity contribution in [3.05, 3.63) is 78.9 Å². The molecular formula is C24H20FN7O2S. The van der Waals surface area contributed by atoms with Crippen LogP contribution in [0.4, 0.5) is 4.39 Å². The molecule has 0 bridgehead atoms. The van der Waals surface area contributed by atoms with Gasteiger partial charge in [0.1, 0.15) is 18.0 Å². The Morgan fingerprint density at radius 1 is 1.06 bits per heavy atom. The zero-order valence-electron chi connectivity index (χ0n) is 18.6. The molecule has 1 aliphatic carbocycles. The second-order valence-electron chi connectivity index (χ2n) is 8.61. The van der Waals surface area contributed by atoms with E-state index in [1.807, 2.05) is 48.1 Å². The van der Waals surface area contributed by atoms with E-state index in [9.17, 15) is 13.2 Å². The maximum absolute atomic E-state index is 13.5. The second kappa shape index (κ2) is 8.15. The van der Waals surface area contributed by atoms with Crippen LogP contribution in [0.3, 0.4) is 0 Å². The lowest BCUT2D eigenvalue weighted by molar-refractivity contribution is 0.518. The van der Waals surface area contributed by atoms with Crippen molar-refractivity contribution in [1.29, 1.82) is 0 Å². The number of nitrogens with one attached hydrogen (secondary N) is 1. The molecule has 1 atom stereocenters. The molecule has 11 heteroatoms. The molecule has 9 nitrogen and oxygen atoms in total. The van der Waals surface area contributed by atoms with Crippen LogP contribution in [0.5, 0.6) is 0 Å². The molecule has 4 heterocycles. The van der Waals surface area contributed by atoms with E-state index in [1.54, 1.807) is 23.3 Å². The Bertz CT molecular complexity index is 1590. The average Bonchev–Trinajstić information content (AvgIpc) is 3.29. The largest absolute Gasteiger partial charge is 0.294 e. The first kappa shape index (κ1) is 21.7. The number of hydrogen-bond donors (Lipinski definition) is 2. The minimum absolute atomic E-state index is 0.427. The number of aryl methyl sites for hydroxylation is 1. The summed E-state index contributed by atoms with van der Waals surface area (Å²) in [5.74, 6) is 0.154. The number of fused-ring (bicyclic) bond motifs is 1. The van der Waals surface area contributed by atoms with Crippen LogP contribution >= 0.6 is 0 Å². The van der Waals surface area contributed by atoms with E-state index in [0.717, 1.165) is 33.9 Å². The number of aromatic nitrogens is 6. The van der Waals surface area contributed by atoms with Crippen molar-refractivity contribution >= 4 is 22.3 Å². The van der Waals surface area contributed by atoms with Crippen molar-refractivity contribution < 1.29 is 13.2 Å². The highest BCUT2D eigenvalue weighted by atomic mass is 32.2. The highest BCUT2D eigenvalue weighted by Crippen LogP contribution is 2.46. The Hall–Kier alpha value is -3.80. The molecule has 6 rings (SSSR count). The number of benzene rings is 1. The molecule has 2 N–H and O–H groups in total. The summed E-state index contributed by atoms with van der Waals surface area (Å²) in [6.45, 7) is 0. The van der Waals surface area contributed by atoms with Gasteiger partial charge in [-0.3, -0.25) is 18.8 Å². The third kappa shape index (κ3) is 4.03. The van der Waals surface area contributed by atoms with E-state index in [1.165, 1.54) is 6.07 Å². The number of halogens is 1. The molecule has 1 saturated carbocycles. The van der Waals surface area contributed by atoms with Gasteiger partial charge in [-0.15, -0.1) is 0 Å². The smallest absolute Gasteiger partial charge is 0.232 e. The van der Waals surface area contributed by atoms with E-state index in [4.69, 9.17) is 4.98 Å².